The number of halogens is 1. The van der Waals surface area contributed by atoms with Crippen molar-refractivity contribution in [1.82, 2.24) is 4.98 Å². The molecular formula is C18H16ClN3O2S. The Balaban J connectivity index is 1.58. The summed E-state index contributed by atoms with van der Waals surface area (Å²) < 4.78 is 5.52. The average molecular weight is 374 g/mol. The van der Waals surface area contributed by atoms with Gasteiger partial charge in [0.1, 0.15) is 5.75 Å². The number of benzene rings is 2. The molecule has 1 aromatic heterocycles. The van der Waals surface area contributed by atoms with E-state index in [2.05, 4.69) is 10.3 Å². The normalized spacial score (nSPS) is 10.5. The van der Waals surface area contributed by atoms with Crippen molar-refractivity contribution in [3.8, 4) is 17.0 Å². The Morgan fingerprint density at radius 3 is 2.72 bits per heavy atom. The fourth-order valence-corrected chi connectivity index (χ4v) is 2.95. The van der Waals surface area contributed by atoms with Crippen LogP contribution in [0.1, 0.15) is 5.56 Å². The van der Waals surface area contributed by atoms with Gasteiger partial charge in [0.25, 0.3) is 5.91 Å². The molecule has 0 spiro atoms. The molecule has 2 aromatic carbocycles. The summed E-state index contributed by atoms with van der Waals surface area (Å²) in [5.74, 6) is 0.353. The topological polar surface area (TPSA) is 77.2 Å². The van der Waals surface area contributed by atoms with Crippen molar-refractivity contribution in [2.24, 2.45) is 0 Å². The maximum absolute atomic E-state index is 12.0. The van der Waals surface area contributed by atoms with E-state index in [9.17, 15) is 4.79 Å². The summed E-state index contributed by atoms with van der Waals surface area (Å²) in [6.07, 6.45) is 0. The number of amides is 1. The van der Waals surface area contributed by atoms with Crippen molar-refractivity contribution in [1.29, 1.82) is 0 Å². The first-order valence-corrected chi connectivity index (χ1v) is 8.77. The van der Waals surface area contributed by atoms with Crippen LogP contribution in [0.25, 0.3) is 11.3 Å². The zero-order valence-electron chi connectivity index (χ0n) is 13.5. The number of thiazole rings is 1. The van der Waals surface area contributed by atoms with Gasteiger partial charge in [0.2, 0.25) is 0 Å². The standard InChI is InChI=1S/C18H16ClN3O2S/c1-11-2-5-13(19)8-15(11)21-17(23)9-24-14-6-3-12(4-7-14)16-10-25-18(20)22-16/h2-8,10H,9H2,1H3,(H2,20,22)(H,21,23). The maximum Gasteiger partial charge on any atom is 0.262 e. The van der Waals surface area contributed by atoms with Crippen molar-refractivity contribution in [3.05, 3.63) is 58.4 Å². The van der Waals surface area contributed by atoms with E-state index in [1.807, 2.05) is 30.5 Å². The molecule has 7 heteroatoms. The van der Waals surface area contributed by atoms with Crippen LogP contribution in [0.2, 0.25) is 5.02 Å². The number of nitrogen functional groups attached to an aromatic ring is 1. The summed E-state index contributed by atoms with van der Waals surface area (Å²) >= 11 is 7.34. The Hall–Kier alpha value is -2.57. The number of aromatic nitrogens is 1. The number of ether oxygens (including phenoxy) is 1. The molecule has 0 fully saturated rings. The highest BCUT2D eigenvalue weighted by atomic mass is 35.5. The van der Waals surface area contributed by atoms with E-state index in [0.29, 0.717) is 21.6 Å². The Morgan fingerprint density at radius 2 is 2.04 bits per heavy atom. The smallest absolute Gasteiger partial charge is 0.262 e. The zero-order valence-corrected chi connectivity index (χ0v) is 15.0. The number of nitrogens with zero attached hydrogens (tertiary/aromatic N) is 1. The molecule has 0 aliphatic carbocycles. The summed E-state index contributed by atoms with van der Waals surface area (Å²) in [5.41, 5.74) is 9.02. The van der Waals surface area contributed by atoms with Gasteiger partial charge in [0.05, 0.1) is 5.69 Å². The zero-order chi connectivity index (χ0) is 17.8. The van der Waals surface area contributed by atoms with Gasteiger partial charge in [-0.3, -0.25) is 4.79 Å². The fraction of sp³-hybridized carbons (Fsp3) is 0.111. The van der Waals surface area contributed by atoms with Gasteiger partial charge < -0.3 is 15.8 Å². The lowest BCUT2D eigenvalue weighted by molar-refractivity contribution is -0.118. The number of carbonyl (C=O) groups is 1. The van der Waals surface area contributed by atoms with Gasteiger partial charge in [-0.15, -0.1) is 11.3 Å². The molecule has 128 valence electrons. The van der Waals surface area contributed by atoms with Crippen molar-refractivity contribution < 1.29 is 9.53 Å². The summed E-state index contributed by atoms with van der Waals surface area (Å²) in [5, 5.41) is 5.79. The second-order valence-corrected chi connectivity index (χ2v) is 6.72. The molecule has 1 heterocycles. The number of hydrogen-bond acceptors (Lipinski definition) is 5. The second-order valence-electron chi connectivity index (χ2n) is 5.39. The Bertz CT molecular complexity index is 894. The monoisotopic (exact) mass is 373 g/mol. The van der Waals surface area contributed by atoms with Crippen LogP contribution in [-0.2, 0) is 4.79 Å². The van der Waals surface area contributed by atoms with E-state index in [-0.39, 0.29) is 12.5 Å². The molecule has 0 radical (unpaired) electrons. The molecule has 5 nitrogen and oxygen atoms in total. The molecule has 0 atom stereocenters. The van der Waals surface area contributed by atoms with Crippen LogP contribution in [0.3, 0.4) is 0 Å². The fourth-order valence-electron chi connectivity index (χ4n) is 2.21. The first kappa shape index (κ1) is 17.3. The summed E-state index contributed by atoms with van der Waals surface area (Å²) in [7, 11) is 0. The van der Waals surface area contributed by atoms with Crippen molar-refractivity contribution in [2.75, 3.05) is 17.7 Å². The molecule has 0 aliphatic heterocycles. The Morgan fingerprint density at radius 1 is 1.28 bits per heavy atom. The van der Waals surface area contributed by atoms with E-state index in [4.69, 9.17) is 22.1 Å². The van der Waals surface area contributed by atoms with Crippen LogP contribution in [0.5, 0.6) is 5.75 Å². The molecule has 0 saturated heterocycles. The van der Waals surface area contributed by atoms with Crippen LogP contribution in [0.4, 0.5) is 10.8 Å². The maximum atomic E-state index is 12.0. The Labute approximate surface area is 154 Å². The highest BCUT2D eigenvalue weighted by Crippen LogP contribution is 2.25. The van der Waals surface area contributed by atoms with Crippen LogP contribution in [-0.4, -0.2) is 17.5 Å². The number of aryl methyl sites for hydroxylation is 1. The minimum atomic E-state index is -0.248. The van der Waals surface area contributed by atoms with E-state index in [1.165, 1.54) is 11.3 Å². The number of anilines is 2. The predicted molar refractivity (Wildman–Crippen MR) is 102 cm³/mol. The number of nitrogens with two attached hydrogens (primary N) is 1. The molecule has 0 bridgehead atoms. The van der Waals surface area contributed by atoms with Gasteiger partial charge in [-0.25, -0.2) is 4.98 Å². The van der Waals surface area contributed by atoms with Gasteiger partial charge in [0.15, 0.2) is 11.7 Å². The molecule has 3 rings (SSSR count). The van der Waals surface area contributed by atoms with Gasteiger partial charge >= 0.3 is 0 Å². The first-order valence-electron chi connectivity index (χ1n) is 7.51. The highest BCUT2D eigenvalue weighted by Gasteiger charge is 2.07. The lowest BCUT2D eigenvalue weighted by Crippen LogP contribution is -2.20. The largest absolute Gasteiger partial charge is 0.484 e. The highest BCUT2D eigenvalue weighted by molar-refractivity contribution is 7.13. The van der Waals surface area contributed by atoms with Crippen LogP contribution < -0.4 is 15.8 Å². The van der Waals surface area contributed by atoms with E-state index in [1.54, 1.807) is 24.3 Å². The van der Waals surface area contributed by atoms with E-state index in [0.717, 1.165) is 16.8 Å². The molecule has 3 aromatic rings. The van der Waals surface area contributed by atoms with Gasteiger partial charge in [-0.05, 0) is 48.9 Å². The quantitative estimate of drug-likeness (QED) is 0.696. The molecule has 25 heavy (non-hydrogen) atoms. The minimum Gasteiger partial charge on any atom is -0.484 e. The van der Waals surface area contributed by atoms with Crippen molar-refractivity contribution >= 4 is 39.7 Å². The van der Waals surface area contributed by atoms with Crippen LogP contribution in [0.15, 0.2) is 47.8 Å². The van der Waals surface area contributed by atoms with Crippen LogP contribution >= 0.6 is 22.9 Å². The van der Waals surface area contributed by atoms with Gasteiger partial charge in [-0.1, -0.05) is 17.7 Å². The third kappa shape index (κ3) is 4.49. The SMILES string of the molecule is Cc1ccc(Cl)cc1NC(=O)COc1ccc(-c2csc(N)n2)cc1. The first-order chi connectivity index (χ1) is 12.0. The molecule has 1 amide bonds. The molecule has 0 saturated carbocycles. The lowest BCUT2D eigenvalue weighted by Gasteiger charge is -2.10. The van der Waals surface area contributed by atoms with Crippen LogP contribution in [0, 0.1) is 6.92 Å². The van der Waals surface area contributed by atoms with Gasteiger partial charge in [-0.2, -0.15) is 0 Å². The van der Waals surface area contributed by atoms with Gasteiger partial charge in [0, 0.05) is 21.7 Å². The average Bonchev–Trinajstić information content (AvgIpc) is 3.03. The predicted octanol–water partition coefficient (Wildman–Crippen LogP) is 4.37. The third-order valence-corrected chi connectivity index (χ3v) is 4.42. The molecule has 0 aliphatic rings. The number of rotatable bonds is 5. The van der Waals surface area contributed by atoms with E-state index < -0.39 is 0 Å². The number of hydrogen-bond donors (Lipinski definition) is 2. The third-order valence-electron chi connectivity index (χ3n) is 3.52. The second kappa shape index (κ2) is 7.55. The van der Waals surface area contributed by atoms with E-state index >= 15 is 0 Å². The number of carbonyl (C=O) groups excluding carboxylic acids is 1. The summed E-state index contributed by atoms with van der Waals surface area (Å²) in [6.45, 7) is 1.81. The Kier molecular flexibility index (Phi) is 5.21. The lowest BCUT2D eigenvalue weighted by atomic mass is 10.2. The molecule has 3 N–H and O–H groups in total. The number of nitrogens with one attached hydrogen (secondary N) is 1. The van der Waals surface area contributed by atoms with Crippen molar-refractivity contribution in [2.45, 2.75) is 6.92 Å². The summed E-state index contributed by atoms with van der Waals surface area (Å²) in [4.78, 5) is 16.3. The van der Waals surface area contributed by atoms with Crippen molar-refractivity contribution in [3.63, 3.8) is 0 Å². The summed E-state index contributed by atoms with van der Waals surface area (Å²) in [6, 6.07) is 12.7. The minimum absolute atomic E-state index is 0.0883. The molecule has 0 unspecified atom stereocenters. The molecular weight excluding hydrogens is 358 g/mol.